The number of aromatic nitrogens is 3. The van der Waals surface area contributed by atoms with E-state index < -0.39 is 15.7 Å². The van der Waals surface area contributed by atoms with E-state index in [1.807, 2.05) is 6.07 Å². The van der Waals surface area contributed by atoms with Crippen molar-refractivity contribution in [2.45, 2.75) is 19.4 Å². The summed E-state index contributed by atoms with van der Waals surface area (Å²) in [6, 6.07) is 11.8. The lowest BCUT2D eigenvalue weighted by Crippen LogP contribution is -2.15. The van der Waals surface area contributed by atoms with Gasteiger partial charge >= 0.3 is 0 Å². The number of carbonyl (C=O) groups excluding carboxylic acids is 1. The van der Waals surface area contributed by atoms with E-state index in [1.54, 1.807) is 69.3 Å². The SMILES string of the molecule is COc1ccc(NC(=O)c2cc(-c3ccc(OC)c(OC)c3)nc3c2c(C)nn3C2CCS(=O)(=O)C2)c(OC)c1. The number of sulfone groups is 1. The first-order valence-corrected chi connectivity index (χ1v) is 14.4. The summed E-state index contributed by atoms with van der Waals surface area (Å²) in [6.45, 7) is 1.78. The molecule has 1 amide bonds. The molecule has 5 rings (SSSR count). The molecular formula is C28H30N4O7S. The van der Waals surface area contributed by atoms with Gasteiger partial charge in [0.05, 0.1) is 74.0 Å². The van der Waals surface area contributed by atoms with Crippen LogP contribution in [0.15, 0.2) is 42.5 Å². The quantitative estimate of drug-likeness (QED) is 0.336. The van der Waals surface area contributed by atoms with Crippen LogP contribution in [-0.2, 0) is 9.84 Å². The number of hydrogen-bond donors (Lipinski definition) is 1. The minimum Gasteiger partial charge on any atom is -0.497 e. The zero-order valence-electron chi connectivity index (χ0n) is 22.8. The second-order valence-corrected chi connectivity index (χ2v) is 11.7. The number of carbonyl (C=O) groups is 1. The highest BCUT2D eigenvalue weighted by Gasteiger charge is 2.32. The average molecular weight is 567 g/mol. The van der Waals surface area contributed by atoms with E-state index in [-0.39, 0.29) is 17.5 Å². The monoisotopic (exact) mass is 566 g/mol. The lowest BCUT2D eigenvalue weighted by molar-refractivity contribution is 0.102. The summed E-state index contributed by atoms with van der Waals surface area (Å²) in [5.41, 5.74) is 2.95. The smallest absolute Gasteiger partial charge is 0.256 e. The van der Waals surface area contributed by atoms with Gasteiger partial charge in [0.25, 0.3) is 5.91 Å². The van der Waals surface area contributed by atoms with Crippen LogP contribution in [0.5, 0.6) is 23.0 Å². The number of anilines is 1. The van der Waals surface area contributed by atoms with E-state index in [2.05, 4.69) is 10.4 Å². The minimum atomic E-state index is -3.19. The molecule has 12 heteroatoms. The second kappa shape index (κ2) is 10.7. The molecule has 1 fully saturated rings. The topological polar surface area (TPSA) is 131 Å². The molecule has 11 nitrogen and oxygen atoms in total. The Hall–Kier alpha value is -4.32. The molecule has 1 N–H and O–H groups in total. The zero-order chi connectivity index (χ0) is 28.6. The van der Waals surface area contributed by atoms with Gasteiger partial charge in [-0.2, -0.15) is 5.10 Å². The standard InChI is InChI=1S/C28H30N4O7S/c1-16-26-20(28(33)30-21-8-7-19(36-2)13-24(21)38-4)14-22(17-6-9-23(37-3)25(12-17)39-5)29-27(26)32(31-16)18-10-11-40(34,35)15-18/h6-9,12-14,18H,10-11,15H2,1-5H3,(H,30,33). The Bertz CT molecular complexity index is 1720. The molecule has 0 aliphatic carbocycles. The molecule has 1 aliphatic heterocycles. The van der Waals surface area contributed by atoms with Crippen molar-refractivity contribution < 1.29 is 32.2 Å². The summed E-state index contributed by atoms with van der Waals surface area (Å²) in [4.78, 5) is 18.7. The Balaban J connectivity index is 1.68. The fourth-order valence-corrected chi connectivity index (χ4v) is 6.64. The highest BCUT2D eigenvalue weighted by Crippen LogP contribution is 2.36. The molecule has 210 valence electrons. The Morgan fingerprint density at radius 3 is 2.35 bits per heavy atom. The molecule has 1 atom stereocenters. The van der Waals surface area contributed by atoms with E-state index in [0.717, 1.165) is 0 Å². The van der Waals surface area contributed by atoms with E-state index in [0.29, 0.717) is 68.7 Å². The number of nitrogens with zero attached hydrogens (tertiary/aromatic N) is 3. The number of rotatable bonds is 8. The highest BCUT2D eigenvalue weighted by molar-refractivity contribution is 7.91. The number of hydrogen-bond acceptors (Lipinski definition) is 9. The minimum absolute atomic E-state index is 0.0317. The van der Waals surface area contributed by atoms with Crippen LogP contribution in [0.3, 0.4) is 0 Å². The second-order valence-electron chi connectivity index (χ2n) is 9.43. The molecule has 2 aromatic carbocycles. The van der Waals surface area contributed by atoms with Gasteiger partial charge in [-0.3, -0.25) is 4.79 Å². The first-order valence-electron chi connectivity index (χ1n) is 12.5. The maximum Gasteiger partial charge on any atom is 0.256 e. The summed E-state index contributed by atoms with van der Waals surface area (Å²) in [7, 11) is 2.96. The van der Waals surface area contributed by atoms with E-state index in [4.69, 9.17) is 23.9 Å². The first-order chi connectivity index (χ1) is 19.2. The number of ether oxygens (including phenoxy) is 4. The first kappa shape index (κ1) is 27.3. The third-order valence-corrected chi connectivity index (χ3v) is 8.72. The summed E-state index contributed by atoms with van der Waals surface area (Å²) in [5, 5.41) is 8.14. The van der Waals surface area contributed by atoms with E-state index in [1.165, 1.54) is 7.11 Å². The van der Waals surface area contributed by atoms with Gasteiger partial charge in [-0.05, 0) is 49.7 Å². The van der Waals surface area contributed by atoms with Crippen molar-refractivity contribution in [3.05, 3.63) is 53.7 Å². The molecule has 40 heavy (non-hydrogen) atoms. The lowest BCUT2D eigenvalue weighted by atomic mass is 10.0. The molecular weight excluding hydrogens is 536 g/mol. The zero-order valence-corrected chi connectivity index (χ0v) is 23.7. The fourth-order valence-electron chi connectivity index (χ4n) is 4.95. The molecule has 1 saturated heterocycles. The Kier molecular flexibility index (Phi) is 7.28. The summed E-state index contributed by atoms with van der Waals surface area (Å²) < 4.78 is 47.8. The Morgan fingerprint density at radius 1 is 0.950 bits per heavy atom. The third-order valence-electron chi connectivity index (χ3n) is 6.97. The number of aryl methyl sites for hydroxylation is 1. The molecule has 0 saturated carbocycles. The summed E-state index contributed by atoms with van der Waals surface area (Å²) in [5.74, 6) is 1.71. The van der Waals surface area contributed by atoms with Crippen LogP contribution in [0.2, 0.25) is 0 Å². The van der Waals surface area contributed by atoms with E-state index >= 15 is 0 Å². The van der Waals surface area contributed by atoms with Gasteiger partial charge in [0.15, 0.2) is 27.0 Å². The predicted octanol–water partition coefficient (Wildman–Crippen LogP) is 4.05. The normalized spacial score (nSPS) is 16.1. The summed E-state index contributed by atoms with van der Waals surface area (Å²) in [6.07, 6.45) is 0.422. The maximum atomic E-state index is 13.8. The number of methoxy groups -OCH3 is 4. The van der Waals surface area contributed by atoms with Gasteiger partial charge < -0.3 is 24.3 Å². The van der Waals surface area contributed by atoms with Crippen LogP contribution in [0.25, 0.3) is 22.3 Å². The van der Waals surface area contributed by atoms with Crippen molar-refractivity contribution in [1.29, 1.82) is 0 Å². The van der Waals surface area contributed by atoms with Crippen LogP contribution in [-0.4, -0.2) is 69.0 Å². The number of benzene rings is 2. The maximum absolute atomic E-state index is 13.8. The van der Waals surface area contributed by atoms with Crippen LogP contribution in [0, 0.1) is 6.92 Å². The molecule has 0 spiro atoms. The van der Waals surface area contributed by atoms with Crippen molar-refractivity contribution in [1.82, 2.24) is 14.8 Å². The molecule has 4 aromatic rings. The van der Waals surface area contributed by atoms with Crippen LogP contribution >= 0.6 is 0 Å². The molecule has 0 radical (unpaired) electrons. The van der Waals surface area contributed by atoms with Crippen molar-refractivity contribution in [3.63, 3.8) is 0 Å². The highest BCUT2D eigenvalue weighted by atomic mass is 32.2. The Morgan fingerprint density at radius 2 is 1.70 bits per heavy atom. The lowest BCUT2D eigenvalue weighted by Gasteiger charge is -2.15. The van der Waals surface area contributed by atoms with Gasteiger partial charge in [0, 0.05) is 11.6 Å². The third kappa shape index (κ3) is 5.02. The van der Waals surface area contributed by atoms with Gasteiger partial charge in [-0.25, -0.2) is 18.1 Å². The number of nitrogens with one attached hydrogen (secondary N) is 1. The fraction of sp³-hybridized carbons (Fsp3) is 0.321. The Labute approximate surface area is 231 Å². The van der Waals surface area contributed by atoms with Gasteiger partial charge in [-0.15, -0.1) is 0 Å². The van der Waals surface area contributed by atoms with Crippen molar-refractivity contribution in [2.24, 2.45) is 0 Å². The van der Waals surface area contributed by atoms with Crippen molar-refractivity contribution in [2.75, 3.05) is 45.3 Å². The van der Waals surface area contributed by atoms with Gasteiger partial charge in [0.1, 0.15) is 11.5 Å². The average Bonchev–Trinajstić information content (AvgIpc) is 3.50. The van der Waals surface area contributed by atoms with Gasteiger partial charge in [-0.1, -0.05) is 0 Å². The van der Waals surface area contributed by atoms with Crippen molar-refractivity contribution >= 4 is 32.5 Å². The number of fused-ring (bicyclic) bond motifs is 1. The largest absolute Gasteiger partial charge is 0.497 e. The van der Waals surface area contributed by atoms with E-state index in [9.17, 15) is 13.2 Å². The molecule has 2 aromatic heterocycles. The number of amides is 1. The predicted molar refractivity (Wildman–Crippen MR) is 151 cm³/mol. The van der Waals surface area contributed by atoms with Gasteiger partial charge in [0.2, 0.25) is 0 Å². The number of pyridine rings is 1. The summed E-state index contributed by atoms with van der Waals surface area (Å²) >= 11 is 0. The molecule has 0 bridgehead atoms. The van der Waals surface area contributed by atoms with Crippen LogP contribution < -0.4 is 24.3 Å². The molecule has 1 aliphatic rings. The molecule has 1 unspecified atom stereocenters. The van der Waals surface area contributed by atoms with Crippen LogP contribution in [0.1, 0.15) is 28.5 Å². The van der Waals surface area contributed by atoms with Crippen LogP contribution in [0.4, 0.5) is 5.69 Å². The molecule has 3 heterocycles. The van der Waals surface area contributed by atoms with Crippen molar-refractivity contribution in [3.8, 4) is 34.3 Å².